The molecular formula is C11H9N3O2. The number of rotatable bonds is 3. The summed E-state index contributed by atoms with van der Waals surface area (Å²) in [6.07, 6.45) is 1.61. The molecule has 1 aromatic heterocycles. The Hall–Kier alpha value is -2.35. The van der Waals surface area contributed by atoms with E-state index < -0.39 is 5.97 Å². The summed E-state index contributed by atoms with van der Waals surface area (Å²) in [6.45, 7) is 0. The van der Waals surface area contributed by atoms with E-state index in [1.165, 1.54) is 6.33 Å². The number of imidazole rings is 1. The Kier molecular flexibility index (Phi) is 2.56. The van der Waals surface area contributed by atoms with E-state index in [-0.39, 0.29) is 12.8 Å². The van der Waals surface area contributed by atoms with Crippen LogP contribution < -0.4 is 0 Å². The SMILES string of the molecule is N#CCc1ccc2[nH]cnc2c1CC(=O)O. The number of nitrogens with zero attached hydrogens (tertiary/aromatic N) is 2. The average Bonchev–Trinajstić information content (AvgIpc) is 2.69. The van der Waals surface area contributed by atoms with Crippen molar-refractivity contribution in [3.05, 3.63) is 29.6 Å². The second-order valence-corrected chi connectivity index (χ2v) is 3.41. The minimum absolute atomic E-state index is 0.112. The van der Waals surface area contributed by atoms with E-state index in [1.54, 1.807) is 12.1 Å². The van der Waals surface area contributed by atoms with E-state index in [2.05, 4.69) is 9.97 Å². The van der Waals surface area contributed by atoms with Crippen LogP contribution in [0.4, 0.5) is 0 Å². The van der Waals surface area contributed by atoms with Crippen molar-refractivity contribution in [3.63, 3.8) is 0 Å². The number of hydrogen-bond acceptors (Lipinski definition) is 3. The highest BCUT2D eigenvalue weighted by atomic mass is 16.4. The highest BCUT2D eigenvalue weighted by Crippen LogP contribution is 2.20. The monoisotopic (exact) mass is 215 g/mol. The largest absolute Gasteiger partial charge is 0.481 e. The molecule has 0 spiro atoms. The lowest BCUT2D eigenvalue weighted by atomic mass is 10.0. The molecule has 0 aliphatic heterocycles. The molecule has 0 aliphatic rings. The number of carboxylic acid groups (broad SMARTS) is 1. The summed E-state index contributed by atoms with van der Waals surface area (Å²) in [5.74, 6) is -0.922. The summed E-state index contributed by atoms with van der Waals surface area (Å²) in [6, 6.07) is 5.60. The van der Waals surface area contributed by atoms with Crippen LogP contribution in [-0.2, 0) is 17.6 Å². The van der Waals surface area contributed by atoms with Gasteiger partial charge in [-0.25, -0.2) is 4.98 Å². The number of H-pyrrole nitrogens is 1. The third-order valence-electron chi connectivity index (χ3n) is 2.39. The van der Waals surface area contributed by atoms with Crippen molar-refractivity contribution < 1.29 is 9.90 Å². The number of benzene rings is 1. The fourth-order valence-electron chi connectivity index (χ4n) is 1.71. The predicted octanol–water partition coefficient (Wildman–Crippen LogP) is 1.26. The lowest BCUT2D eigenvalue weighted by Gasteiger charge is -2.04. The molecule has 80 valence electrons. The van der Waals surface area contributed by atoms with Crippen LogP contribution in [0, 0.1) is 11.3 Å². The second kappa shape index (κ2) is 4.03. The summed E-state index contributed by atoms with van der Waals surface area (Å²) < 4.78 is 0. The third kappa shape index (κ3) is 1.73. The zero-order chi connectivity index (χ0) is 11.5. The van der Waals surface area contributed by atoms with Gasteiger partial charge >= 0.3 is 5.97 Å². The zero-order valence-electron chi connectivity index (χ0n) is 8.40. The number of hydrogen-bond donors (Lipinski definition) is 2. The molecule has 0 fully saturated rings. The van der Waals surface area contributed by atoms with Gasteiger partial charge in [0.2, 0.25) is 0 Å². The Labute approximate surface area is 91.3 Å². The highest BCUT2D eigenvalue weighted by molar-refractivity contribution is 5.84. The summed E-state index contributed by atoms with van der Waals surface area (Å²) in [5, 5.41) is 17.5. The van der Waals surface area contributed by atoms with Crippen LogP contribution >= 0.6 is 0 Å². The number of nitriles is 1. The normalized spacial score (nSPS) is 10.2. The topological polar surface area (TPSA) is 89.8 Å². The van der Waals surface area contributed by atoms with Gasteiger partial charge in [-0.2, -0.15) is 5.26 Å². The van der Waals surface area contributed by atoms with Crippen molar-refractivity contribution in [3.8, 4) is 6.07 Å². The summed E-state index contributed by atoms with van der Waals surface area (Å²) in [4.78, 5) is 17.8. The Bertz CT molecular complexity index is 580. The molecule has 2 N–H and O–H groups in total. The van der Waals surface area contributed by atoms with E-state index in [0.717, 1.165) is 11.1 Å². The summed E-state index contributed by atoms with van der Waals surface area (Å²) in [7, 11) is 0. The van der Waals surface area contributed by atoms with Crippen LogP contribution in [0.5, 0.6) is 0 Å². The van der Waals surface area contributed by atoms with Gasteiger partial charge < -0.3 is 10.1 Å². The van der Waals surface area contributed by atoms with Gasteiger partial charge in [-0.15, -0.1) is 0 Å². The first-order valence-electron chi connectivity index (χ1n) is 4.75. The molecule has 1 heterocycles. The van der Waals surface area contributed by atoms with Crippen molar-refractivity contribution in [1.29, 1.82) is 5.26 Å². The van der Waals surface area contributed by atoms with E-state index >= 15 is 0 Å². The second-order valence-electron chi connectivity index (χ2n) is 3.41. The van der Waals surface area contributed by atoms with E-state index in [1.807, 2.05) is 6.07 Å². The Morgan fingerprint density at radius 1 is 1.56 bits per heavy atom. The number of nitrogens with one attached hydrogen (secondary N) is 1. The number of carbonyl (C=O) groups is 1. The first-order valence-corrected chi connectivity index (χ1v) is 4.75. The minimum atomic E-state index is -0.922. The number of fused-ring (bicyclic) bond motifs is 1. The first kappa shape index (κ1) is 10.2. The van der Waals surface area contributed by atoms with E-state index in [4.69, 9.17) is 10.4 Å². The summed E-state index contributed by atoms with van der Waals surface area (Å²) in [5.41, 5.74) is 2.77. The molecule has 0 aliphatic carbocycles. The number of aromatic nitrogens is 2. The average molecular weight is 215 g/mol. The highest BCUT2D eigenvalue weighted by Gasteiger charge is 2.12. The smallest absolute Gasteiger partial charge is 0.307 e. The fourth-order valence-corrected chi connectivity index (χ4v) is 1.71. The van der Waals surface area contributed by atoms with Gasteiger partial charge in [0.15, 0.2) is 0 Å². The van der Waals surface area contributed by atoms with Crippen molar-refractivity contribution in [2.24, 2.45) is 0 Å². The summed E-state index contributed by atoms with van der Waals surface area (Å²) >= 11 is 0. The molecule has 2 rings (SSSR count). The molecule has 0 radical (unpaired) electrons. The molecule has 5 heteroatoms. The van der Waals surface area contributed by atoms with Crippen LogP contribution in [-0.4, -0.2) is 21.0 Å². The zero-order valence-corrected chi connectivity index (χ0v) is 8.40. The molecule has 1 aromatic carbocycles. The molecule has 0 bridgehead atoms. The Balaban J connectivity index is 2.61. The van der Waals surface area contributed by atoms with Crippen LogP contribution in [0.25, 0.3) is 11.0 Å². The van der Waals surface area contributed by atoms with E-state index in [9.17, 15) is 4.79 Å². The molecule has 0 amide bonds. The van der Waals surface area contributed by atoms with Crippen LogP contribution in [0.15, 0.2) is 18.5 Å². The minimum Gasteiger partial charge on any atom is -0.481 e. The van der Waals surface area contributed by atoms with Gasteiger partial charge in [-0.3, -0.25) is 4.79 Å². The van der Waals surface area contributed by atoms with Gasteiger partial charge in [-0.05, 0) is 17.2 Å². The van der Waals surface area contributed by atoms with Crippen molar-refractivity contribution >= 4 is 17.0 Å². The standard InChI is InChI=1S/C11H9N3O2/c12-4-3-7-1-2-9-11(14-6-13-9)8(7)5-10(15)16/h1-2,6H,3,5H2,(H,13,14)(H,15,16). The molecule has 0 unspecified atom stereocenters. The van der Waals surface area contributed by atoms with Gasteiger partial charge in [0, 0.05) is 0 Å². The molecule has 0 saturated carbocycles. The lowest BCUT2D eigenvalue weighted by molar-refractivity contribution is -0.136. The van der Waals surface area contributed by atoms with Crippen LogP contribution in [0.1, 0.15) is 11.1 Å². The Morgan fingerprint density at radius 2 is 2.38 bits per heavy atom. The molecule has 0 saturated heterocycles. The van der Waals surface area contributed by atoms with Gasteiger partial charge in [0.1, 0.15) is 0 Å². The number of carboxylic acids is 1. The van der Waals surface area contributed by atoms with Crippen molar-refractivity contribution in [2.75, 3.05) is 0 Å². The van der Waals surface area contributed by atoms with Crippen molar-refractivity contribution in [1.82, 2.24) is 9.97 Å². The van der Waals surface area contributed by atoms with Crippen LogP contribution in [0.3, 0.4) is 0 Å². The third-order valence-corrected chi connectivity index (χ3v) is 2.39. The molecular weight excluding hydrogens is 206 g/mol. The Morgan fingerprint density at radius 3 is 3.06 bits per heavy atom. The van der Waals surface area contributed by atoms with Gasteiger partial charge in [0.25, 0.3) is 0 Å². The maximum atomic E-state index is 10.8. The van der Waals surface area contributed by atoms with E-state index in [0.29, 0.717) is 11.1 Å². The lowest BCUT2D eigenvalue weighted by Crippen LogP contribution is -2.04. The van der Waals surface area contributed by atoms with Gasteiger partial charge in [-0.1, -0.05) is 6.07 Å². The maximum absolute atomic E-state index is 10.8. The molecule has 5 nitrogen and oxygen atoms in total. The predicted molar refractivity (Wildman–Crippen MR) is 56.8 cm³/mol. The molecule has 16 heavy (non-hydrogen) atoms. The number of aliphatic carboxylic acids is 1. The number of aromatic amines is 1. The van der Waals surface area contributed by atoms with Crippen molar-refractivity contribution in [2.45, 2.75) is 12.8 Å². The first-order chi connectivity index (χ1) is 7.72. The maximum Gasteiger partial charge on any atom is 0.307 e. The fraction of sp³-hybridized carbons (Fsp3) is 0.182. The van der Waals surface area contributed by atoms with Gasteiger partial charge in [0.05, 0.1) is 36.3 Å². The molecule has 0 atom stereocenters. The quantitative estimate of drug-likeness (QED) is 0.806. The van der Waals surface area contributed by atoms with Crippen LogP contribution in [0.2, 0.25) is 0 Å². The molecule has 2 aromatic rings.